The van der Waals surface area contributed by atoms with Gasteiger partial charge in [-0.2, -0.15) is 0 Å². The largest absolute Gasteiger partial charge is 0.323 e. The van der Waals surface area contributed by atoms with E-state index in [9.17, 15) is 17.6 Å². The second kappa shape index (κ2) is 9.85. The third-order valence-corrected chi connectivity index (χ3v) is 9.95. The lowest BCUT2D eigenvalue weighted by atomic mass is 9.93. The first-order valence-corrected chi connectivity index (χ1v) is 14.1. The van der Waals surface area contributed by atoms with Gasteiger partial charge in [-0.15, -0.1) is 11.3 Å². The van der Waals surface area contributed by atoms with Gasteiger partial charge in [0.1, 0.15) is 10.0 Å². The normalized spacial score (nSPS) is 21.6. The minimum atomic E-state index is -3.63. The molecule has 3 aromatic rings. The molecule has 1 fully saturated rings. The maximum atomic E-state index is 13.0. The van der Waals surface area contributed by atoms with Crippen LogP contribution in [0, 0.1) is 17.7 Å². The number of thiophene rings is 1. The number of benzene rings is 2. The number of nitrogens with one attached hydrogen (secondary N) is 2. The lowest BCUT2D eigenvalue weighted by Gasteiger charge is -2.23. The van der Waals surface area contributed by atoms with Gasteiger partial charge in [-0.1, -0.05) is 29.8 Å². The van der Waals surface area contributed by atoms with Gasteiger partial charge in [0.2, 0.25) is 15.9 Å². The minimum Gasteiger partial charge on any atom is -0.323 e. The fraction of sp³-hybridized carbons (Fsp3) is 0.269. The first kappa shape index (κ1) is 24.2. The predicted octanol–water partition coefficient (Wildman–Crippen LogP) is 5.66. The molecule has 2 aliphatic rings. The zero-order chi connectivity index (χ0) is 24.6. The quantitative estimate of drug-likeness (QED) is 0.403. The highest BCUT2D eigenvalue weighted by Gasteiger charge is 2.41. The first-order valence-electron chi connectivity index (χ1n) is 11.4. The molecule has 0 unspecified atom stereocenters. The zero-order valence-corrected chi connectivity index (χ0v) is 21.1. The molecule has 2 aliphatic carbocycles. The van der Waals surface area contributed by atoms with Crippen molar-refractivity contribution in [3.8, 4) is 0 Å². The van der Waals surface area contributed by atoms with Crippen molar-refractivity contribution < 1.29 is 17.6 Å². The molecular formula is C26H24ClFN2O3S2. The SMILES string of the molecule is O=C(/C=C/c1ccc(F)cc1)Nc1ccc2c(c1)C[C@H]1CC[C@@H](C2)[C@H]1NS(=O)(=O)c1ccc(Cl)s1. The zero-order valence-electron chi connectivity index (χ0n) is 18.7. The van der Waals surface area contributed by atoms with E-state index in [1.165, 1.54) is 23.8 Å². The maximum absolute atomic E-state index is 13.0. The average Bonchev–Trinajstić information content (AvgIpc) is 3.37. The number of carbonyl (C=O) groups is 1. The van der Waals surface area contributed by atoms with E-state index in [1.807, 2.05) is 18.2 Å². The summed E-state index contributed by atoms with van der Waals surface area (Å²) in [5.74, 6) is -0.178. The summed E-state index contributed by atoms with van der Waals surface area (Å²) in [6.45, 7) is 0. The van der Waals surface area contributed by atoms with Crippen LogP contribution >= 0.6 is 22.9 Å². The number of rotatable bonds is 6. The Hall–Kier alpha value is -2.52. The highest BCUT2D eigenvalue weighted by Crippen LogP contribution is 2.41. The lowest BCUT2D eigenvalue weighted by Crippen LogP contribution is -2.41. The van der Waals surface area contributed by atoms with E-state index < -0.39 is 10.0 Å². The van der Waals surface area contributed by atoms with Gasteiger partial charge in [-0.3, -0.25) is 4.79 Å². The highest BCUT2D eigenvalue weighted by atomic mass is 35.5. The van der Waals surface area contributed by atoms with Gasteiger partial charge in [0.25, 0.3) is 0 Å². The number of halogens is 2. The van der Waals surface area contributed by atoms with E-state index in [0.717, 1.165) is 48.1 Å². The Morgan fingerprint density at radius 3 is 2.40 bits per heavy atom. The van der Waals surface area contributed by atoms with Crippen LogP contribution in [0.4, 0.5) is 10.1 Å². The van der Waals surface area contributed by atoms with Gasteiger partial charge in [0.15, 0.2) is 0 Å². The molecule has 5 nitrogen and oxygen atoms in total. The van der Waals surface area contributed by atoms with Crippen molar-refractivity contribution in [1.82, 2.24) is 4.72 Å². The van der Waals surface area contributed by atoms with Crippen LogP contribution in [-0.4, -0.2) is 20.4 Å². The van der Waals surface area contributed by atoms with Gasteiger partial charge in [0.05, 0.1) is 4.34 Å². The monoisotopic (exact) mass is 530 g/mol. The van der Waals surface area contributed by atoms with Gasteiger partial charge in [-0.05, 0) is 96.7 Å². The Bertz CT molecular complexity index is 1390. The van der Waals surface area contributed by atoms with Crippen LogP contribution < -0.4 is 10.0 Å². The van der Waals surface area contributed by atoms with Crippen molar-refractivity contribution in [2.45, 2.75) is 35.9 Å². The van der Waals surface area contributed by atoms with E-state index in [-0.39, 0.29) is 33.8 Å². The Balaban J connectivity index is 1.28. The predicted molar refractivity (Wildman–Crippen MR) is 138 cm³/mol. The standard InChI is InChI=1S/C26H24ClFN2O3S2/c27-23-10-12-25(34-23)35(32,33)30-26-18-4-5-19(26)14-20-15-22(9-6-17(20)13-18)29-24(31)11-3-16-1-7-21(28)8-2-16/h1-3,6-12,15,18-19,26,30H,4-5,13-14H2,(H,29,31)/b11-3+/t18-,19+,26+/m0/s1. The molecule has 2 aromatic carbocycles. The summed E-state index contributed by atoms with van der Waals surface area (Å²) in [6, 6.07) is 14.8. The van der Waals surface area contributed by atoms with Crippen LogP contribution in [0.1, 0.15) is 29.5 Å². The molecular weight excluding hydrogens is 507 g/mol. The number of hydrogen-bond acceptors (Lipinski definition) is 4. The third kappa shape index (κ3) is 5.51. The third-order valence-electron chi connectivity index (χ3n) is 6.76. The Kier molecular flexibility index (Phi) is 6.81. The Morgan fingerprint density at radius 2 is 1.71 bits per heavy atom. The average molecular weight is 531 g/mol. The molecule has 35 heavy (non-hydrogen) atoms. The van der Waals surface area contributed by atoms with Gasteiger partial charge in [-0.25, -0.2) is 17.5 Å². The smallest absolute Gasteiger partial charge is 0.250 e. The number of fused-ring (bicyclic) bond motifs is 3. The summed E-state index contributed by atoms with van der Waals surface area (Å²) in [5.41, 5.74) is 3.76. The number of hydrogen-bond donors (Lipinski definition) is 2. The van der Waals surface area contributed by atoms with Gasteiger partial charge < -0.3 is 5.32 Å². The molecule has 2 N–H and O–H groups in total. The Morgan fingerprint density at radius 1 is 1.00 bits per heavy atom. The van der Waals surface area contributed by atoms with Crippen LogP contribution in [0.5, 0.6) is 0 Å². The second-order valence-electron chi connectivity index (χ2n) is 9.07. The van der Waals surface area contributed by atoms with Crippen molar-refractivity contribution in [3.63, 3.8) is 0 Å². The first-order chi connectivity index (χ1) is 16.8. The molecule has 0 radical (unpaired) electrons. The summed E-state index contributed by atoms with van der Waals surface area (Å²) in [6.07, 6.45) is 6.54. The summed E-state index contributed by atoms with van der Waals surface area (Å²) < 4.78 is 42.6. The van der Waals surface area contributed by atoms with Crippen LogP contribution in [0.2, 0.25) is 4.34 Å². The van der Waals surface area contributed by atoms with Gasteiger partial charge in [0, 0.05) is 17.8 Å². The summed E-state index contributed by atoms with van der Waals surface area (Å²) in [4.78, 5) is 12.4. The number of anilines is 1. The summed E-state index contributed by atoms with van der Waals surface area (Å²) >= 11 is 7.01. The molecule has 0 aliphatic heterocycles. The maximum Gasteiger partial charge on any atom is 0.250 e. The lowest BCUT2D eigenvalue weighted by molar-refractivity contribution is -0.111. The highest BCUT2D eigenvalue weighted by molar-refractivity contribution is 7.91. The van der Waals surface area contributed by atoms with Crippen molar-refractivity contribution in [3.05, 3.63) is 87.5 Å². The van der Waals surface area contributed by atoms with Crippen LogP contribution in [-0.2, 0) is 27.7 Å². The molecule has 1 heterocycles. The summed E-state index contributed by atoms with van der Waals surface area (Å²) in [7, 11) is -3.63. The van der Waals surface area contributed by atoms with Crippen LogP contribution in [0.25, 0.3) is 6.08 Å². The summed E-state index contributed by atoms with van der Waals surface area (Å²) in [5, 5.41) is 2.89. The van der Waals surface area contributed by atoms with E-state index in [0.29, 0.717) is 10.0 Å². The molecule has 1 amide bonds. The molecule has 182 valence electrons. The van der Waals surface area contributed by atoms with Gasteiger partial charge >= 0.3 is 0 Å². The number of amides is 1. The van der Waals surface area contributed by atoms with Crippen LogP contribution in [0.3, 0.4) is 0 Å². The van der Waals surface area contributed by atoms with Crippen LogP contribution in [0.15, 0.2) is 64.9 Å². The minimum absolute atomic E-state index is 0.134. The van der Waals surface area contributed by atoms with Crippen molar-refractivity contribution in [2.75, 3.05) is 5.32 Å². The molecule has 1 aromatic heterocycles. The number of carbonyl (C=O) groups excluding carboxylic acids is 1. The number of sulfonamides is 1. The fourth-order valence-electron chi connectivity index (χ4n) is 5.09. The van der Waals surface area contributed by atoms with E-state index in [2.05, 4.69) is 10.0 Å². The molecule has 5 rings (SSSR count). The fourth-order valence-corrected chi connectivity index (χ4v) is 7.96. The van der Waals surface area contributed by atoms with E-state index in [4.69, 9.17) is 11.6 Å². The molecule has 0 spiro atoms. The topological polar surface area (TPSA) is 75.3 Å². The second-order valence-corrected chi connectivity index (χ2v) is 12.7. The van der Waals surface area contributed by atoms with E-state index in [1.54, 1.807) is 30.3 Å². The van der Waals surface area contributed by atoms with Crippen molar-refractivity contribution in [2.24, 2.45) is 11.8 Å². The van der Waals surface area contributed by atoms with Crippen molar-refractivity contribution in [1.29, 1.82) is 0 Å². The molecule has 3 atom stereocenters. The molecule has 9 heteroatoms. The van der Waals surface area contributed by atoms with Crippen molar-refractivity contribution >= 4 is 50.6 Å². The molecule has 0 saturated heterocycles. The molecule has 2 bridgehead atoms. The Labute approximate surface area is 213 Å². The molecule has 1 saturated carbocycles. The van der Waals surface area contributed by atoms with E-state index >= 15 is 0 Å².